The Morgan fingerprint density at radius 2 is 2.25 bits per heavy atom. The van der Waals surface area contributed by atoms with Gasteiger partial charge in [-0.3, -0.25) is 0 Å². The molecule has 0 saturated heterocycles. The molecule has 0 amide bonds. The van der Waals surface area contributed by atoms with Gasteiger partial charge in [0, 0.05) is 25.5 Å². The van der Waals surface area contributed by atoms with Gasteiger partial charge >= 0.3 is 0 Å². The topological polar surface area (TPSA) is 29.9 Å². The molecule has 0 radical (unpaired) electrons. The maximum atomic E-state index is 4.37. The summed E-state index contributed by atoms with van der Waals surface area (Å²) in [6, 6.07) is 0. The van der Waals surface area contributed by atoms with E-state index in [9.17, 15) is 0 Å². The van der Waals surface area contributed by atoms with Crippen molar-refractivity contribution >= 4 is 0 Å². The normalized spacial score (nSPS) is 17.6. The molecule has 0 aliphatic heterocycles. The maximum absolute atomic E-state index is 4.37. The monoisotopic (exact) mass is 221 g/mol. The Hall–Kier alpha value is -0.830. The molecule has 2 rings (SSSR count). The second-order valence-electron chi connectivity index (χ2n) is 4.98. The first-order valence-corrected chi connectivity index (χ1v) is 6.50. The molecule has 1 N–H and O–H groups in total. The molecule has 1 aliphatic carbocycles. The minimum Gasteiger partial charge on any atom is -0.334 e. The lowest BCUT2D eigenvalue weighted by molar-refractivity contribution is 0.415. The lowest BCUT2D eigenvalue weighted by Crippen LogP contribution is -2.25. The van der Waals surface area contributed by atoms with Crippen LogP contribution in [0.25, 0.3) is 0 Å². The summed E-state index contributed by atoms with van der Waals surface area (Å²) in [5.41, 5.74) is 0.637. The molecule has 0 aromatic carbocycles. The Morgan fingerprint density at radius 3 is 2.88 bits per heavy atom. The second kappa shape index (κ2) is 5.00. The molecule has 1 saturated carbocycles. The molecule has 1 fully saturated rings. The van der Waals surface area contributed by atoms with Gasteiger partial charge in [0.2, 0.25) is 0 Å². The molecule has 1 aliphatic rings. The summed E-state index contributed by atoms with van der Waals surface area (Å²) >= 11 is 0. The Bertz CT molecular complexity index is 326. The minimum absolute atomic E-state index is 0.637. The van der Waals surface area contributed by atoms with Crippen molar-refractivity contribution in [3.05, 3.63) is 18.2 Å². The first-order chi connectivity index (χ1) is 7.79. The largest absolute Gasteiger partial charge is 0.334 e. The molecule has 0 bridgehead atoms. The predicted molar refractivity (Wildman–Crippen MR) is 66.2 cm³/mol. The summed E-state index contributed by atoms with van der Waals surface area (Å²) in [6.45, 7) is 7.52. The van der Waals surface area contributed by atoms with Crippen molar-refractivity contribution in [2.75, 3.05) is 6.54 Å². The van der Waals surface area contributed by atoms with Crippen LogP contribution in [0.5, 0.6) is 0 Å². The van der Waals surface area contributed by atoms with Crippen LogP contribution in [-0.2, 0) is 13.1 Å². The van der Waals surface area contributed by atoms with Crippen LogP contribution in [0, 0.1) is 5.41 Å². The van der Waals surface area contributed by atoms with E-state index < -0.39 is 0 Å². The number of imidazole rings is 1. The lowest BCUT2D eigenvalue weighted by atomic mass is 10.0. The van der Waals surface area contributed by atoms with Crippen molar-refractivity contribution in [1.82, 2.24) is 14.9 Å². The molecule has 90 valence electrons. The Balaban J connectivity index is 1.76. The Kier molecular flexibility index (Phi) is 3.64. The molecular formula is C13H23N3. The zero-order chi connectivity index (χ0) is 11.4. The first-order valence-electron chi connectivity index (χ1n) is 6.50. The highest BCUT2D eigenvalue weighted by Gasteiger charge is 2.40. The number of nitrogens with zero attached hydrogens (tertiary/aromatic N) is 2. The first kappa shape index (κ1) is 11.6. The highest BCUT2D eigenvalue weighted by molar-refractivity contribution is 4.96. The second-order valence-corrected chi connectivity index (χ2v) is 4.98. The van der Waals surface area contributed by atoms with Crippen LogP contribution in [0.1, 0.15) is 45.4 Å². The van der Waals surface area contributed by atoms with E-state index in [0.29, 0.717) is 5.41 Å². The SMILES string of the molecule is CCCC1(CNCc2nccn2CC)CC1. The lowest BCUT2D eigenvalue weighted by Gasteiger charge is -2.15. The molecule has 1 aromatic rings. The number of hydrogen-bond donors (Lipinski definition) is 1. The van der Waals surface area contributed by atoms with Crippen molar-refractivity contribution in [1.29, 1.82) is 0 Å². The number of aryl methyl sites for hydroxylation is 1. The van der Waals surface area contributed by atoms with Crippen LogP contribution < -0.4 is 5.32 Å². The van der Waals surface area contributed by atoms with Crippen molar-refractivity contribution in [2.24, 2.45) is 5.41 Å². The minimum atomic E-state index is 0.637. The summed E-state index contributed by atoms with van der Waals surface area (Å²) in [5.74, 6) is 1.16. The van der Waals surface area contributed by atoms with E-state index in [1.54, 1.807) is 0 Å². The summed E-state index contributed by atoms with van der Waals surface area (Å²) in [4.78, 5) is 4.37. The van der Waals surface area contributed by atoms with E-state index in [1.165, 1.54) is 25.7 Å². The highest BCUT2D eigenvalue weighted by atomic mass is 15.1. The van der Waals surface area contributed by atoms with Gasteiger partial charge in [-0.05, 0) is 31.6 Å². The van der Waals surface area contributed by atoms with Crippen LogP contribution in [0.3, 0.4) is 0 Å². The van der Waals surface area contributed by atoms with Crippen molar-refractivity contribution in [2.45, 2.75) is 52.6 Å². The average Bonchev–Trinajstić information content (AvgIpc) is 2.90. The van der Waals surface area contributed by atoms with E-state index >= 15 is 0 Å². The van der Waals surface area contributed by atoms with E-state index in [0.717, 1.165) is 25.5 Å². The Morgan fingerprint density at radius 1 is 1.44 bits per heavy atom. The van der Waals surface area contributed by atoms with Gasteiger partial charge in [-0.1, -0.05) is 13.3 Å². The van der Waals surface area contributed by atoms with E-state index in [1.807, 2.05) is 6.20 Å². The molecule has 16 heavy (non-hydrogen) atoms. The zero-order valence-corrected chi connectivity index (χ0v) is 10.5. The van der Waals surface area contributed by atoms with Gasteiger partial charge in [-0.25, -0.2) is 4.98 Å². The molecule has 1 aromatic heterocycles. The molecule has 0 atom stereocenters. The van der Waals surface area contributed by atoms with Crippen LogP contribution in [0.4, 0.5) is 0 Å². The third-order valence-corrected chi connectivity index (χ3v) is 3.66. The van der Waals surface area contributed by atoms with Crippen molar-refractivity contribution in [3.8, 4) is 0 Å². The standard InChI is InChI=1S/C13H23N3/c1-3-5-13(6-7-13)11-14-10-12-15-8-9-16(12)4-2/h8-9,14H,3-7,10-11H2,1-2H3. The summed E-state index contributed by atoms with van der Waals surface area (Å²) < 4.78 is 2.20. The van der Waals surface area contributed by atoms with Gasteiger partial charge in [0.15, 0.2) is 0 Å². The summed E-state index contributed by atoms with van der Waals surface area (Å²) in [5, 5.41) is 3.57. The van der Waals surface area contributed by atoms with E-state index in [4.69, 9.17) is 0 Å². The third kappa shape index (κ3) is 2.64. The van der Waals surface area contributed by atoms with E-state index in [-0.39, 0.29) is 0 Å². The average molecular weight is 221 g/mol. The summed E-state index contributed by atoms with van der Waals surface area (Å²) in [6.07, 6.45) is 9.45. The molecular weight excluding hydrogens is 198 g/mol. The van der Waals surface area contributed by atoms with Crippen molar-refractivity contribution < 1.29 is 0 Å². The third-order valence-electron chi connectivity index (χ3n) is 3.66. The molecule has 1 heterocycles. The quantitative estimate of drug-likeness (QED) is 0.767. The Labute approximate surface area is 98.3 Å². The van der Waals surface area contributed by atoms with Crippen molar-refractivity contribution in [3.63, 3.8) is 0 Å². The van der Waals surface area contributed by atoms with Gasteiger partial charge in [-0.2, -0.15) is 0 Å². The molecule has 0 unspecified atom stereocenters. The molecule has 3 nitrogen and oxygen atoms in total. The number of nitrogens with one attached hydrogen (secondary N) is 1. The smallest absolute Gasteiger partial charge is 0.122 e. The fourth-order valence-electron chi connectivity index (χ4n) is 2.46. The van der Waals surface area contributed by atoms with Gasteiger partial charge in [0.05, 0.1) is 6.54 Å². The molecule has 0 spiro atoms. The van der Waals surface area contributed by atoms with Gasteiger partial charge < -0.3 is 9.88 Å². The highest BCUT2D eigenvalue weighted by Crippen LogP contribution is 2.48. The molecule has 3 heteroatoms. The summed E-state index contributed by atoms with van der Waals surface area (Å²) in [7, 11) is 0. The van der Waals surface area contributed by atoms with Crippen LogP contribution in [0.2, 0.25) is 0 Å². The van der Waals surface area contributed by atoms with Gasteiger partial charge in [0.1, 0.15) is 5.82 Å². The maximum Gasteiger partial charge on any atom is 0.122 e. The van der Waals surface area contributed by atoms with Gasteiger partial charge in [-0.15, -0.1) is 0 Å². The van der Waals surface area contributed by atoms with Crippen LogP contribution >= 0.6 is 0 Å². The zero-order valence-electron chi connectivity index (χ0n) is 10.5. The fourth-order valence-corrected chi connectivity index (χ4v) is 2.46. The number of hydrogen-bond acceptors (Lipinski definition) is 2. The number of aromatic nitrogens is 2. The van der Waals surface area contributed by atoms with Crippen LogP contribution in [-0.4, -0.2) is 16.1 Å². The number of rotatable bonds is 7. The van der Waals surface area contributed by atoms with Crippen LogP contribution in [0.15, 0.2) is 12.4 Å². The van der Waals surface area contributed by atoms with E-state index in [2.05, 4.69) is 34.9 Å². The predicted octanol–water partition coefficient (Wildman–Crippen LogP) is 2.57. The fraction of sp³-hybridized carbons (Fsp3) is 0.769. The van der Waals surface area contributed by atoms with Gasteiger partial charge in [0.25, 0.3) is 0 Å².